The van der Waals surface area contributed by atoms with Gasteiger partial charge in [-0.3, -0.25) is 4.79 Å². The third-order valence-corrected chi connectivity index (χ3v) is 2.91. The highest BCUT2D eigenvalue weighted by molar-refractivity contribution is 5.82. The van der Waals surface area contributed by atoms with Gasteiger partial charge in [0.05, 0.1) is 6.61 Å². The third-order valence-electron chi connectivity index (χ3n) is 2.91. The number of hydrogen-bond donors (Lipinski definition) is 0. The largest absolute Gasteiger partial charge is 0.494 e. The highest BCUT2D eigenvalue weighted by Crippen LogP contribution is 2.48. The molecule has 1 fully saturated rings. The summed E-state index contributed by atoms with van der Waals surface area (Å²) >= 11 is 0. The average Bonchev–Trinajstić information content (AvgIpc) is 2.98. The molecule has 0 amide bonds. The molecule has 0 spiro atoms. The number of Topliss-reactive ketones (excluding diaryl/α,β-unsaturated/α-hetero) is 1. The zero-order valence-corrected chi connectivity index (χ0v) is 9.19. The lowest BCUT2D eigenvalue weighted by Gasteiger charge is -2.05. The predicted octanol–water partition coefficient (Wildman–Crippen LogP) is 2.78. The molecule has 0 aliphatic heterocycles. The van der Waals surface area contributed by atoms with Crippen LogP contribution in [0.15, 0.2) is 24.3 Å². The molecule has 15 heavy (non-hydrogen) atoms. The van der Waals surface area contributed by atoms with Gasteiger partial charge in [0.1, 0.15) is 11.5 Å². The number of hydrogen-bond acceptors (Lipinski definition) is 2. The van der Waals surface area contributed by atoms with Gasteiger partial charge in [0.15, 0.2) is 0 Å². The van der Waals surface area contributed by atoms with Crippen molar-refractivity contribution in [3.05, 3.63) is 29.8 Å². The van der Waals surface area contributed by atoms with Crippen LogP contribution in [0.25, 0.3) is 0 Å². The van der Waals surface area contributed by atoms with E-state index in [1.54, 1.807) is 6.92 Å². The Kier molecular flexibility index (Phi) is 2.76. The Balaban J connectivity index is 2.10. The summed E-state index contributed by atoms with van der Waals surface area (Å²) in [6.45, 7) is 4.34. The zero-order valence-electron chi connectivity index (χ0n) is 9.19. The van der Waals surface area contributed by atoms with Crippen molar-refractivity contribution in [2.24, 2.45) is 5.92 Å². The third kappa shape index (κ3) is 2.20. The lowest BCUT2D eigenvalue weighted by atomic mass is 10.1. The van der Waals surface area contributed by atoms with Crippen molar-refractivity contribution in [1.29, 1.82) is 0 Å². The van der Waals surface area contributed by atoms with Gasteiger partial charge >= 0.3 is 0 Å². The molecule has 1 aromatic rings. The number of carbonyl (C=O) groups excluding carboxylic acids is 1. The second-order valence-electron chi connectivity index (χ2n) is 4.06. The maximum atomic E-state index is 11.2. The molecule has 0 saturated heterocycles. The number of ether oxygens (including phenoxy) is 1. The molecule has 0 heterocycles. The minimum absolute atomic E-state index is 0.252. The van der Waals surface area contributed by atoms with Crippen molar-refractivity contribution in [3.63, 3.8) is 0 Å². The maximum absolute atomic E-state index is 11.2. The molecule has 0 radical (unpaired) electrons. The van der Waals surface area contributed by atoms with Crippen LogP contribution in [0.1, 0.15) is 31.7 Å². The van der Waals surface area contributed by atoms with Crippen molar-refractivity contribution in [2.75, 3.05) is 6.61 Å². The summed E-state index contributed by atoms with van der Waals surface area (Å²) in [5.41, 5.74) is 1.24. The fourth-order valence-corrected chi connectivity index (χ4v) is 2.01. The normalized spacial score (nSPS) is 23.6. The van der Waals surface area contributed by atoms with Crippen LogP contribution in [0, 0.1) is 5.92 Å². The van der Waals surface area contributed by atoms with Gasteiger partial charge < -0.3 is 4.74 Å². The van der Waals surface area contributed by atoms with Gasteiger partial charge in [0.25, 0.3) is 0 Å². The Hall–Kier alpha value is -1.31. The van der Waals surface area contributed by atoms with E-state index in [0.717, 1.165) is 12.2 Å². The molecular weight excluding hydrogens is 188 g/mol. The van der Waals surface area contributed by atoms with Crippen LogP contribution in [0.2, 0.25) is 0 Å². The Morgan fingerprint density at radius 2 is 2.33 bits per heavy atom. The Morgan fingerprint density at radius 3 is 2.93 bits per heavy atom. The highest BCUT2D eigenvalue weighted by Gasteiger charge is 2.41. The van der Waals surface area contributed by atoms with E-state index in [9.17, 15) is 4.79 Å². The van der Waals surface area contributed by atoms with Crippen LogP contribution >= 0.6 is 0 Å². The van der Waals surface area contributed by atoms with Crippen LogP contribution in [-0.2, 0) is 4.79 Å². The van der Waals surface area contributed by atoms with Gasteiger partial charge in [-0.05, 0) is 43.9 Å². The molecule has 80 valence electrons. The SMILES string of the molecule is CCOc1cccc(C2CC2C(C)=O)c1. The van der Waals surface area contributed by atoms with E-state index < -0.39 is 0 Å². The molecule has 2 unspecified atom stereocenters. The zero-order chi connectivity index (χ0) is 10.8. The first-order valence-electron chi connectivity index (χ1n) is 5.45. The van der Waals surface area contributed by atoms with Crippen molar-refractivity contribution in [3.8, 4) is 5.75 Å². The van der Waals surface area contributed by atoms with Crippen molar-refractivity contribution < 1.29 is 9.53 Å². The lowest BCUT2D eigenvalue weighted by molar-refractivity contribution is -0.118. The standard InChI is InChI=1S/C13H16O2/c1-3-15-11-6-4-5-10(7-11)13-8-12(13)9(2)14/h4-7,12-13H,3,8H2,1-2H3. The van der Waals surface area contributed by atoms with Gasteiger partial charge in [-0.1, -0.05) is 12.1 Å². The number of carbonyl (C=O) groups is 1. The van der Waals surface area contributed by atoms with Gasteiger partial charge in [-0.2, -0.15) is 0 Å². The minimum atomic E-state index is 0.252. The first-order valence-corrected chi connectivity index (χ1v) is 5.45. The van der Waals surface area contributed by atoms with E-state index in [1.165, 1.54) is 5.56 Å². The predicted molar refractivity (Wildman–Crippen MR) is 59.1 cm³/mol. The van der Waals surface area contributed by atoms with Crippen LogP contribution < -0.4 is 4.74 Å². The molecule has 2 rings (SSSR count). The average molecular weight is 204 g/mol. The first-order chi connectivity index (χ1) is 7.22. The molecule has 2 heteroatoms. The Labute approximate surface area is 90.3 Å². The molecule has 2 nitrogen and oxygen atoms in total. The van der Waals surface area contributed by atoms with E-state index in [4.69, 9.17) is 4.74 Å². The molecule has 1 aliphatic carbocycles. The molecule has 1 aromatic carbocycles. The minimum Gasteiger partial charge on any atom is -0.494 e. The monoisotopic (exact) mass is 204 g/mol. The van der Waals surface area contributed by atoms with Crippen LogP contribution in [0.3, 0.4) is 0 Å². The van der Waals surface area contributed by atoms with Crippen molar-refractivity contribution >= 4 is 5.78 Å². The summed E-state index contributed by atoms with van der Waals surface area (Å²) in [7, 11) is 0. The second kappa shape index (κ2) is 4.05. The fraction of sp³-hybridized carbons (Fsp3) is 0.462. The number of rotatable bonds is 4. The van der Waals surface area contributed by atoms with Crippen LogP contribution in [0.5, 0.6) is 5.75 Å². The Bertz CT molecular complexity index is 371. The molecule has 2 atom stereocenters. The first kappa shape index (κ1) is 10.2. The highest BCUT2D eigenvalue weighted by atomic mass is 16.5. The van der Waals surface area contributed by atoms with E-state index >= 15 is 0 Å². The molecule has 0 N–H and O–H groups in total. The summed E-state index contributed by atoms with van der Waals surface area (Å²) in [5.74, 6) is 1.90. The van der Waals surface area contributed by atoms with Gasteiger partial charge in [0.2, 0.25) is 0 Å². The molecule has 1 aliphatic rings. The summed E-state index contributed by atoms with van der Waals surface area (Å²) in [5, 5.41) is 0. The molecular formula is C13H16O2. The smallest absolute Gasteiger partial charge is 0.133 e. The molecule has 1 saturated carbocycles. The fourth-order valence-electron chi connectivity index (χ4n) is 2.01. The van der Waals surface area contributed by atoms with Crippen molar-refractivity contribution in [2.45, 2.75) is 26.2 Å². The van der Waals surface area contributed by atoms with Gasteiger partial charge in [0, 0.05) is 5.92 Å². The van der Waals surface area contributed by atoms with E-state index in [2.05, 4.69) is 12.1 Å². The van der Waals surface area contributed by atoms with Gasteiger partial charge in [-0.25, -0.2) is 0 Å². The van der Waals surface area contributed by atoms with Crippen LogP contribution in [-0.4, -0.2) is 12.4 Å². The van der Waals surface area contributed by atoms with Crippen LogP contribution in [0.4, 0.5) is 0 Å². The summed E-state index contributed by atoms with van der Waals surface area (Å²) < 4.78 is 5.44. The summed E-state index contributed by atoms with van der Waals surface area (Å²) in [6.07, 6.45) is 1.00. The molecule has 0 bridgehead atoms. The van der Waals surface area contributed by atoms with E-state index in [1.807, 2.05) is 19.1 Å². The summed E-state index contributed by atoms with van der Waals surface area (Å²) in [6, 6.07) is 8.08. The van der Waals surface area contributed by atoms with E-state index in [-0.39, 0.29) is 5.92 Å². The quantitative estimate of drug-likeness (QED) is 0.753. The second-order valence-corrected chi connectivity index (χ2v) is 4.06. The van der Waals surface area contributed by atoms with Gasteiger partial charge in [-0.15, -0.1) is 0 Å². The number of benzene rings is 1. The topological polar surface area (TPSA) is 26.3 Å². The number of ketones is 1. The maximum Gasteiger partial charge on any atom is 0.133 e. The Morgan fingerprint density at radius 1 is 1.53 bits per heavy atom. The van der Waals surface area contributed by atoms with Crippen molar-refractivity contribution in [1.82, 2.24) is 0 Å². The summed E-state index contributed by atoms with van der Waals surface area (Å²) in [4.78, 5) is 11.2. The van der Waals surface area contributed by atoms with E-state index in [0.29, 0.717) is 18.3 Å². The lowest BCUT2D eigenvalue weighted by Crippen LogP contribution is -1.96. The molecule has 0 aromatic heterocycles.